The van der Waals surface area contributed by atoms with Crippen LogP contribution in [-0.4, -0.2) is 107 Å². The highest BCUT2D eigenvalue weighted by atomic mass is 19.1. The molecule has 10 rings (SSSR count). The number of phenols is 1. The van der Waals surface area contributed by atoms with Gasteiger partial charge in [-0.15, -0.1) is 10.2 Å². The van der Waals surface area contributed by atoms with Crippen LogP contribution in [0.15, 0.2) is 85.2 Å². The number of para-hydroxylation sites is 1. The van der Waals surface area contributed by atoms with Gasteiger partial charge in [-0.25, -0.2) is 8.78 Å². The molecule has 62 heavy (non-hydrogen) atoms. The van der Waals surface area contributed by atoms with Crippen LogP contribution >= 0.6 is 0 Å². The predicted molar refractivity (Wildman–Crippen MR) is 238 cm³/mol. The molecule has 3 saturated heterocycles. The number of nitrogen functional groups attached to an aromatic ring is 1. The lowest BCUT2D eigenvalue weighted by atomic mass is 9.87. The van der Waals surface area contributed by atoms with Crippen molar-refractivity contribution in [1.29, 1.82) is 0 Å². The summed E-state index contributed by atoms with van der Waals surface area (Å²) in [6.07, 6.45) is 11.7. The van der Waals surface area contributed by atoms with E-state index >= 15 is 8.78 Å². The number of hydrogen-bond acceptors (Lipinski definition) is 10. The van der Waals surface area contributed by atoms with Crippen LogP contribution in [0.1, 0.15) is 84.5 Å². The molecule has 4 aliphatic heterocycles. The maximum Gasteiger partial charge on any atom is 0.253 e. The molecule has 1 saturated carbocycles. The molecule has 5 aromatic rings. The van der Waals surface area contributed by atoms with Gasteiger partial charge in [0.1, 0.15) is 17.5 Å². The number of nitrogens with zero attached hydrogens (tertiary/aromatic N) is 7. The fourth-order valence-electron chi connectivity index (χ4n) is 10.1. The van der Waals surface area contributed by atoms with Crippen molar-refractivity contribution in [3.8, 4) is 17.0 Å². The molecule has 2 aromatic heterocycles. The van der Waals surface area contributed by atoms with Gasteiger partial charge in [0, 0.05) is 87.1 Å². The van der Waals surface area contributed by atoms with Crippen molar-refractivity contribution in [2.45, 2.75) is 68.7 Å². The van der Waals surface area contributed by atoms with Crippen LogP contribution in [-0.2, 0) is 4.74 Å². The monoisotopic (exact) mass is 843 g/mol. The number of aromatic nitrogens is 3. The number of ether oxygens (including phenoxy) is 1. The molecule has 0 radical (unpaired) electrons. The smallest absolute Gasteiger partial charge is 0.253 e. The summed E-state index contributed by atoms with van der Waals surface area (Å²) < 4.78 is 41.2. The van der Waals surface area contributed by atoms with E-state index in [9.17, 15) is 9.90 Å². The second-order valence-corrected chi connectivity index (χ2v) is 17.8. The normalized spacial score (nSPS) is 21.4. The quantitative estimate of drug-likeness (QED) is 0.137. The lowest BCUT2D eigenvalue weighted by molar-refractivity contribution is 0.0176. The average molecular weight is 844 g/mol. The Morgan fingerprint density at radius 2 is 1.74 bits per heavy atom. The Kier molecular flexibility index (Phi) is 11.1. The van der Waals surface area contributed by atoms with Crippen molar-refractivity contribution in [1.82, 2.24) is 29.9 Å². The molecule has 14 heteroatoms. The van der Waals surface area contributed by atoms with Gasteiger partial charge in [-0.1, -0.05) is 36.4 Å². The Morgan fingerprint density at radius 1 is 0.952 bits per heavy atom. The number of halogens is 2. The van der Waals surface area contributed by atoms with E-state index in [0.29, 0.717) is 99.1 Å². The number of alkyl halides is 1. The molecular formula is C48H55F2N9O3. The van der Waals surface area contributed by atoms with Crippen LogP contribution < -0.4 is 20.9 Å². The Morgan fingerprint density at radius 3 is 2.47 bits per heavy atom. The number of morpholine rings is 1. The van der Waals surface area contributed by atoms with Gasteiger partial charge >= 0.3 is 0 Å². The van der Waals surface area contributed by atoms with E-state index in [2.05, 4.69) is 42.1 Å². The molecule has 1 atom stereocenters. The number of fused-ring (bicyclic) bond motifs is 1. The number of likely N-dealkylation sites (tertiary alicyclic amines) is 2. The molecule has 6 heterocycles. The van der Waals surface area contributed by atoms with Gasteiger partial charge in [0.25, 0.3) is 5.91 Å². The summed E-state index contributed by atoms with van der Waals surface area (Å²) in [7, 11) is 0. The molecule has 1 amide bonds. The van der Waals surface area contributed by atoms with Gasteiger partial charge in [0.15, 0.2) is 11.6 Å². The third-order valence-corrected chi connectivity index (χ3v) is 13.9. The van der Waals surface area contributed by atoms with E-state index in [0.717, 1.165) is 67.5 Å². The zero-order valence-corrected chi connectivity index (χ0v) is 35.1. The first kappa shape index (κ1) is 40.5. The Hall–Kier alpha value is -5.57. The zero-order valence-electron chi connectivity index (χ0n) is 35.1. The minimum absolute atomic E-state index is 0.0911. The van der Waals surface area contributed by atoms with E-state index in [1.165, 1.54) is 12.0 Å². The highest BCUT2D eigenvalue weighted by molar-refractivity contribution is 5.94. The number of nitrogens with one attached hydrogen (secondary N) is 1. The molecule has 3 aromatic carbocycles. The van der Waals surface area contributed by atoms with Crippen molar-refractivity contribution >= 4 is 34.0 Å². The Balaban J connectivity index is 0.736. The maximum absolute atomic E-state index is 16.5. The highest BCUT2D eigenvalue weighted by Gasteiger charge is 2.39. The molecule has 5 aliphatic rings. The van der Waals surface area contributed by atoms with Crippen LogP contribution in [0.25, 0.3) is 22.2 Å². The van der Waals surface area contributed by atoms with E-state index in [4.69, 9.17) is 10.5 Å². The molecular weight excluding hydrogens is 789 g/mol. The van der Waals surface area contributed by atoms with E-state index in [-0.39, 0.29) is 23.6 Å². The van der Waals surface area contributed by atoms with Crippen molar-refractivity contribution in [2.75, 3.05) is 81.2 Å². The minimum atomic E-state index is -1.36. The third kappa shape index (κ3) is 7.88. The minimum Gasteiger partial charge on any atom is -0.507 e. The second-order valence-electron chi connectivity index (χ2n) is 17.8. The lowest BCUT2D eigenvalue weighted by Gasteiger charge is -2.41. The number of anilines is 3. The molecule has 324 valence electrons. The molecule has 1 unspecified atom stereocenters. The number of piperidine rings is 2. The number of rotatable bonds is 9. The van der Waals surface area contributed by atoms with Crippen LogP contribution in [0.2, 0.25) is 0 Å². The number of hydrogen-bond donors (Lipinski definition) is 3. The van der Waals surface area contributed by atoms with Gasteiger partial charge in [-0.2, -0.15) is 0 Å². The van der Waals surface area contributed by atoms with Gasteiger partial charge in [0.05, 0.1) is 35.9 Å². The van der Waals surface area contributed by atoms with Crippen LogP contribution in [0.5, 0.6) is 5.75 Å². The van der Waals surface area contributed by atoms with Crippen molar-refractivity contribution in [2.24, 2.45) is 0 Å². The van der Waals surface area contributed by atoms with E-state index in [1.54, 1.807) is 23.1 Å². The number of amides is 1. The fourth-order valence-corrected chi connectivity index (χ4v) is 10.1. The molecule has 0 bridgehead atoms. The largest absolute Gasteiger partial charge is 0.507 e. The SMILES string of the molecule is Nc1nnc(-c2ccccc2O)cc1N1CCOC(c2ccc(C(=O)N3CCC(F)(CN4CCC(c5cn(C6CCC6)c6c(F)c(N7C=CCNC7)ccc56)CC4)CC3)cc2)C1. The summed E-state index contributed by atoms with van der Waals surface area (Å²) in [6.45, 7) is 5.66. The number of aromatic hydroxyl groups is 1. The summed E-state index contributed by atoms with van der Waals surface area (Å²) >= 11 is 0. The van der Waals surface area contributed by atoms with Crippen LogP contribution in [0.3, 0.4) is 0 Å². The summed E-state index contributed by atoms with van der Waals surface area (Å²) in [5, 5.41) is 23.1. The lowest BCUT2D eigenvalue weighted by Crippen LogP contribution is -2.50. The Bertz CT molecular complexity index is 2460. The second kappa shape index (κ2) is 16.9. The topological polar surface area (TPSA) is 128 Å². The van der Waals surface area contributed by atoms with Gasteiger partial charge in [0.2, 0.25) is 0 Å². The molecule has 12 nitrogen and oxygen atoms in total. The van der Waals surface area contributed by atoms with Crippen molar-refractivity contribution in [3.05, 3.63) is 108 Å². The third-order valence-electron chi connectivity index (χ3n) is 13.9. The Labute approximate surface area is 360 Å². The fraction of sp³-hybridized carbons (Fsp3) is 0.438. The van der Waals surface area contributed by atoms with Gasteiger partial charge < -0.3 is 39.7 Å². The first-order valence-electron chi connectivity index (χ1n) is 22.3. The summed E-state index contributed by atoms with van der Waals surface area (Å²) in [5.41, 5.74) is 10.8. The summed E-state index contributed by atoms with van der Waals surface area (Å²) in [5.74, 6) is 0.467. The van der Waals surface area contributed by atoms with Crippen LogP contribution in [0, 0.1) is 5.82 Å². The van der Waals surface area contributed by atoms with Gasteiger partial charge in [-0.3, -0.25) is 10.1 Å². The van der Waals surface area contributed by atoms with E-state index < -0.39 is 5.67 Å². The summed E-state index contributed by atoms with van der Waals surface area (Å²) in [4.78, 5) is 21.7. The number of carbonyl (C=O) groups excluding carboxylic acids is 1. The predicted octanol–water partition coefficient (Wildman–Crippen LogP) is 7.53. The molecule has 1 aliphatic carbocycles. The highest BCUT2D eigenvalue weighted by Crippen LogP contribution is 2.43. The van der Waals surface area contributed by atoms with E-state index in [1.807, 2.05) is 59.6 Å². The number of nitrogens with two attached hydrogens (primary N) is 1. The zero-order chi connectivity index (χ0) is 42.4. The van der Waals surface area contributed by atoms with Crippen molar-refractivity contribution in [3.63, 3.8) is 0 Å². The van der Waals surface area contributed by atoms with Crippen LogP contribution in [0.4, 0.5) is 26.0 Å². The molecule has 0 spiro atoms. The molecule has 4 fully saturated rings. The number of benzene rings is 3. The number of phenolic OH excluding ortho intramolecular Hbond substituents is 1. The first-order valence-corrected chi connectivity index (χ1v) is 22.3. The summed E-state index contributed by atoms with van der Waals surface area (Å²) in [6, 6.07) is 20.7. The molecule has 4 N–H and O–H groups in total. The number of carbonyl (C=O) groups is 1. The maximum atomic E-state index is 16.5. The van der Waals surface area contributed by atoms with Gasteiger partial charge in [-0.05, 0) is 98.6 Å². The van der Waals surface area contributed by atoms with Crippen molar-refractivity contribution < 1.29 is 23.4 Å². The average Bonchev–Trinajstić information content (AvgIpc) is 3.66. The first-order chi connectivity index (χ1) is 30.2. The standard InChI is InChI=1S/C48H55F2N9O3/c49-44-40(58-20-4-19-52-31-58)14-13-36-38(28-59(45(36)44)35-5-3-6-35)32-15-21-55(22-16-32)30-48(50)17-23-56(24-18-48)47(61)34-11-9-33(10-12-34)43-29-57(25-26-62-43)41-27-39(53-54-46(41)51)37-7-1-2-8-42(37)60/h1-2,4,7-14,20,27-28,32,35,43,52,60H,3,5-6,15-19,21-26,29-31H2,(H2,51,54).